The summed E-state index contributed by atoms with van der Waals surface area (Å²) in [6, 6.07) is 12.0. The highest BCUT2D eigenvalue weighted by atomic mass is 32.1. The largest absolute Gasteiger partial charge is 0.347 e. The average molecular weight is 687 g/mol. The van der Waals surface area contributed by atoms with Gasteiger partial charge in [0.2, 0.25) is 10.3 Å². The van der Waals surface area contributed by atoms with Crippen LogP contribution in [0.1, 0.15) is 103 Å². The molecule has 6 rings (SSSR count). The maximum absolute atomic E-state index is 14.6. The van der Waals surface area contributed by atoms with Crippen molar-refractivity contribution in [1.82, 2.24) is 18.7 Å². The van der Waals surface area contributed by atoms with Crippen molar-refractivity contribution in [3.8, 4) is 0 Å². The van der Waals surface area contributed by atoms with Crippen LogP contribution in [0, 0.1) is 18.8 Å². The van der Waals surface area contributed by atoms with Gasteiger partial charge in [-0.05, 0) is 56.9 Å². The maximum atomic E-state index is 14.6. The third-order valence-corrected chi connectivity index (χ3v) is 10.1. The molecule has 0 bridgehead atoms. The number of aromatic nitrogens is 4. The van der Waals surface area contributed by atoms with E-state index in [2.05, 4.69) is 29.3 Å². The van der Waals surface area contributed by atoms with Crippen molar-refractivity contribution in [3.63, 3.8) is 0 Å². The number of carbonyl (C=O) groups excluding carboxylic acids is 4. The Morgan fingerprint density at radius 1 is 0.688 bits per heavy atom. The zero-order chi connectivity index (χ0) is 33.8. The Kier molecular flexibility index (Phi) is 10.2. The first-order valence-corrected chi connectivity index (χ1v) is 17.9. The molecule has 0 spiro atoms. The van der Waals surface area contributed by atoms with Crippen molar-refractivity contribution >= 4 is 68.3 Å². The van der Waals surface area contributed by atoms with Crippen LogP contribution in [0.4, 0.5) is 31.2 Å². The van der Waals surface area contributed by atoms with Gasteiger partial charge in [-0.1, -0.05) is 63.8 Å². The molecule has 4 aromatic rings. The number of para-hydroxylation sites is 2. The van der Waals surface area contributed by atoms with Gasteiger partial charge < -0.3 is 0 Å². The van der Waals surface area contributed by atoms with E-state index in [1.54, 1.807) is 55.5 Å². The summed E-state index contributed by atoms with van der Waals surface area (Å²) in [5.74, 6) is 0.458. The third-order valence-electron chi connectivity index (χ3n) is 8.75. The molecule has 0 unspecified atom stereocenters. The van der Waals surface area contributed by atoms with Crippen LogP contribution in [-0.2, 0) is 0 Å². The minimum absolute atomic E-state index is 0.0267. The van der Waals surface area contributed by atoms with Crippen LogP contribution in [0.15, 0.2) is 48.5 Å². The Hall–Kier alpha value is -4.56. The third kappa shape index (κ3) is 7.14. The van der Waals surface area contributed by atoms with Gasteiger partial charge in [0.05, 0.1) is 11.4 Å². The van der Waals surface area contributed by atoms with E-state index >= 15 is 0 Å². The van der Waals surface area contributed by atoms with Crippen LogP contribution in [0.3, 0.4) is 0 Å². The highest BCUT2D eigenvalue weighted by Crippen LogP contribution is 2.37. The molecule has 2 N–H and O–H groups in total. The highest BCUT2D eigenvalue weighted by molar-refractivity contribution is 7.10. The number of amides is 4. The molecule has 2 saturated carbocycles. The topological polar surface area (TPSA) is 150 Å². The molecule has 0 radical (unpaired) electrons. The number of ketones is 2. The molecule has 2 aliphatic carbocycles. The lowest BCUT2D eigenvalue weighted by atomic mass is 9.94. The van der Waals surface area contributed by atoms with Gasteiger partial charge in [0, 0.05) is 51.9 Å². The van der Waals surface area contributed by atoms with Crippen molar-refractivity contribution in [3.05, 3.63) is 71.3 Å². The predicted molar refractivity (Wildman–Crippen MR) is 187 cm³/mol. The molecule has 250 valence electrons. The van der Waals surface area contributed by atoms with Crippen molar-refractivity contribution < 1.29 is 19.2 Å². The molecule has 2 heterocycles. The number of carbonyl (C=O) groups is 4. The van der Waals surface area contributed by atoms with Gasteiger partial charge in [-0.15, -0.1) is 0 Å². The summed E-state index contributed by atoms with van der Waals surface area (Å²) in [6.07, 6.45) is 6.80. The smallest absolute Gasteiger partial charge is 0.294 e. The van der Waals surface area contributed by atoms with E-state index in [0.29, 0.717) is 22.8 Å². The first kappa shape index (κ1) is 33.3. The SMILES string of the molecule is Cc1nsc(NC(=O)N(c2ccccc2C(=O)C2CCCC2)N(C(=O)Nc2nc(C(C)C)ns2)c2ccccc2C(=O)C2CCCC2)n1. The Balaban J connectivity index is 1.52. The Labute approximate surface area is 287 Å². The summed E-state index contributed by atoms with van der Waals surface area (Å²) in [5, 5.41) is 8.28. The first-order chi connectivity index (χ1) is 23.2. The quantitative estimate of drug-likeness (QED) is 0.132. The van der Waals surface area contributed by atoms with Crippen LogP contribution in [-0.4, -0.2) is 42.3 Å². The molecule has 14 heteroatoms. The van der Waals surface area contributed by atoms with Gasteiger partial charge >= 0.3 is 12.1 Å². The number of hydrogen-bond acceptors (Lipinski definition) is 10. The van der Waals surface area contributed by atoms with Crippen LogP contribution >= 0.6 is 23.1 Å². The summed E-state index contributed by atoms with van der Waals surface area (Å²) in [7, 11) is 0. The molecule has 0 saturated heterocycles. The summed E-state index contributed by atoms with van der Waals surface area (Å²) in [5.41, 5.74) is 0.964. The van der Waals surface area contributed by atoms with Gasteiger partial charge in [0.1, 0.15) is 11.6 Å². The minimum Gasteiger partial charge on any atom is -0.294 e. The molecule has 2 aliphatic rings. The Bertz CT molecular complexity index is 1810. The van der Waals surface area contributed by atoms with Crippen molar-refractivity contribution in [2.24, 2.45) is 11.8 Å². The number of nitrogens with zero attached hydrogens (tertiary/aromatic N) is 6. The lowest BCUT2D eigenvalue weighted by Crippen LogP contribution is -2.54. The fourth-order valence-electron chi connectivity index (χ4n) is 6.32. The minimum atomic E-state index is -0.767. The lowest BCUT2D eigenvalue weighted by molar-refractivity contribution is 0.0915. The van der Waals surface area contributed by atoms with E-state index in [4.69, 9.17) is 0 Å². The molecule has 2 aromatic carbocycles. The van der Waals surface area contributed by atoms with E-state index in [1.165, 1.54) is 0 Å². The molecular weight excluding hydrogens is 649 g/mol. The van der Waals surface area contributed by atoms with Gasteiger partial charge in [-0.3, -0.25) is 20.2 Å². The van der Waals surface area contributed by atoms with Gasteiger partial charge in [0.25, 0.3) is 0 Å². The fourth-order valence-corrected chi connectivity index (χ4v) is 7.59. The van der Waals surface area contributed by atoms with E-state index in [9.17, 15) is 19.2 Å². The number of anilines is 4. The average Bonchev–Trinajstić information content (AvgIpc) is 3.92. The fraction of sp³-hybridized carbons (Fsp3) is 0.412. The highest BCUT2D eigenvalue weighted by Gasteiger charge is 2.37. The van der Waals surface area contributed by atoms with E-state index in [1.807, 2.05) is 13.8 Å². The number of rotatable bonds is 9. The Morgan fingerprint density at radius 3 is 1.54 bits per heavy atom. The zero-order valence-electron chi connectivity index (χ0n) is 27.1. The maximum Gasteiger partial charge on any atom is 0.347 e. The number of aryl methyl sites for hydroxylation is 1. The lowest BCUT2D eigenvalue weighted by Gasteiger charge is -2.36. The van der Waals surface area contributed by atoms with Crippen molar-refractivity contribution in [2.45, 2.75) is 78.1 Å². The summed E-state index contributed by atoms with van der Waals surface area (Å²) >= 11 is 2.01. The van der Waals surface area contributed by atoms with E-state index < -0.39 is 12.1 Å². The molecule has 12 nitrogen and oxygen atoms in total. The molecule has 0 atom stereocenters. The zero-order valence-corrected chi connectivity index (χ0v) is 28.8. The molecule has 48 heavy (non-hydrogen) atoms. The standard InChI is InChI=1S/C34H38N8O4S2/c1-20(2)30-36-32(48-40-30)38-34(46)42(27-19-11-9-17-25(27)29(44)23-14-6-7-15-23)41(33(45)37-31-35-21(3)39-47-31)26-18-10-8-16-24(26)28(43)22-12-4-5-13-22/h8-11,16-20,22-23H,4-7,12-15H2,1-3H3,(H,35,37,39,45)(H,36,38,40,46). The molecule has 0 aliphatic heterocycles. The Morgan fingerprint density at radius 2 is 1.12 bits per heavy atom. The van der Waals surface area contributed by atoms with E-state index in [-0.39, 0.29) is 51.0 Å². The second-order valence-electron chi connectivity index (χ2n) is 12.5. The van der Waals surface area contributed by atoms with Crippen LogP contribution in [0.2, 0.25) is 0 Å². The second kappa shape index (κ2) is 14.7. The summed E-state index contributed by atoms with van der Waals surface area (Å²) < 4.78 is 8.55. The predicted octanol–water partition coefficient (Wildman–Crippen LogP) is 8.26. The summed E-state index contributed by atoms with van der Waals surface area (Å²) in [4.78, 5) is 66.0. The van der Waals surface area contributed by atoms with Crippen LogP contribution in [0.25, 0.3) is 0 Å². The molecular formula is C34H38N8O4S2. The van der Waals surface area contributed by atoms with Gasteiger partial charge in [0.15, 0.2) is 11.6 Å². The van der Waals surface area contributed by atoms with Crippen LogP contribution < -0.4 is 20.7 Å². The van der Waals surface area contributed by atoms with Gasteiger partial charge in [-0.2, -0.15) is 18.8 Å². The number of hydrazine groups is 1. The number of urea groups is 2. The molecule has 2 aromatic heterocycles. The molecule has 2 fully saturated rings. The number of Topliss-reactive ketones (excluding diaryl/α,β-unsaturated/α-hetero) is 2. The normalized spacial score (nSPS) is 15.1. The number of hydrogen-bond donors (Lipinski definition) is 2. The first-order valence-electron chi connectivity index (χ1n) is 16.3. The second-order valence-corrected chi connectivity index (χ2v) is 14.0. The van der Waals surface area contributed by atoms with Crippen molar-refractivity contribution in [2.75, 3.05) is 20.7 Å². The number of nitrogens with one attached hydrogen (secondary N) is 2. The molecule has 4 amide bonds. The van der Waals surface area contributed by atoms with E-state index in [0.717, 1.165) is 84.4 Å². The summed E-state index contributed by atoms with van der Waals surface area (Å²) in [6.45, 7) is 5.60. The number of benzene rings is 2. The van der Waals surface area contributed by atoms with Crippen molar-refractivity contribution in [1.29, 1.82) is 0 Å². The van der Waals surface area contributed by atoms with Gasteiger partial charge in [-0.25, -0.2) is 19.6 Å². The van der Waals surface area contributed by atoms with Crippen LogP contribution in [0.5, 0.6) is 0 Å². The monoisotopic (exact) mass is 686 g/mol.